The van der Waals surface area contributed by atoms with Crippen LogP contribution in [0.25, 0.3) is 0 Å². The van der Waals surface area contributed by atoms with Gasteiger partial charge in [-0.3, -0.25) is 9.59 Å². The Balaban J connectivity index is 1.92. The second-order valence-corrected chi connectivity index (χ2v) is 7.17. The third-order valence-corrected chi connectivity index (χ3v) is 4.72. The molecule has 2 N–H and O–H groups in total. The topological polar surface area (TPSA) is 73.9 Å². The van der Waals surface area contributed by atoms with Crippen LogP contribution in [-0.4, -0.2) is 70.2 Å². The number of rotatable bonds is 7. The SMILES string of the molecule is COCCNC(=O)C(C)(C)C(=O)Nc1ccc(N2CCN(C)CC2)cc1. The lowest BCUT2D eigenvalue weighted by molar-refractivity contribution is -0.138. The molecule has 1 saturated heterocycles. The summed E-state index contributed by atoms with van der Waals surface area (Å²) in [6, 6.07) is 7.77. The Morgan fingerprint density at radius 3 is 2.27 bits per heavy atom. The van der Waals surface area contributed by atoms with E-state index in [0.29, 0.717) is 18.8 Å². The van der Waals surface area contributed by atoms with Gasteiger partial charge in [-0.25, -0.2) is 0 Å². The normalized spacial score (nSPS) is 15.6. The van der Waals surface area contributed by atoms with Gasteiger partial charge in [0.15, 0.2) is 0 Å². The Morgan fingerprint density at radius 1 is 1.08 bits per heavy atom. The molecule has 26 heavy (non-hydrogen) atoms. The summed E-state index contributed by atoms with van der Waals surface area (Å²) in [4.78, 5) is 29.4. The molecule has 7 nitrogen and oxygen atoms in total. The fraction of sp³-hybridized carbons (Fsp3) is 0.579. The lowest BCUT2D eigenvalue weighted by Gasteiger charge is -2.34. The molecule has 0 radical (unpaired) electrons. The average molecular weight is 362 g/mol. The Morgan fingerprint density at radius 2 is 1.69 bits per heavy atom. The molecular formula is C19H30N4O3. The van der Waals surface area contributed by atoms with E-state index in [9.17, 15) is 9.59 Å². The van der Waals surface area contributed by atoms with Crippen molar-refractivity contribution < 1.29 is 14.3 Å². The number of anilines is 2. The molecule has 1 aliphatic heterocycles. The molecule has 0 spiro atoms. The van der Waals surface area contributed by atoms with Crippen molar-refractivity contribution in [3.8, 4) is 0 Å². The highest BCUT2D eigenvalue weighted by molar-refractivity contribution is 6.09. The molecule has 144 valence electrons. The predicted molar refractivity (Wildman–Crippen MR) is 103 cm³/mol. The number of nitrogens with one attached hydrogen (secondary N) is 2. The van der Waals surface area contributed by atoms with Gasteiger partial charge < -0.3 is 25.2 Å². The predicted octanol–water partition coefficient (Wildman–Crippen LogP) is 1.17. The van der Waals surface area contributed by atoms with Gasteiger partial charge in [-0.1, -0.05) is 0 Å². The molecule has 1 aliphatic rings. The molecule has 0 aromatic heterocycles. The van der Waals surface area contributed by atoms with Crippen LogP contribution in [0, 0.1) is 5.41 Å². The van der Waals surface area contributed by atoms with Crippen LogP contribution in [0.4, 0.5) is 11.4 Å². The summed E-state index contributed by atoms with van der Waals surface area (Å²) in [5, 5.41) is 5.54. The molecule has 2 amide bonds. The summed E-state index contributed by atoms with van der Waals surface area (Å²) >= 11 is 0. The van der Waals surface area contributed by atoms with Crippen molar-refractivity contribution in [2.45, 2.75) is 13.8 Å². The number of ether oxygens (including phenoxy) is 1. The second kappa shape index (κ2) is 9.00. The molecular weight excluding hydrogens is 332 g/mol. The van der Waals surface area contributed by atoms with Gasteiger partial charge in [0.25, 0.3) is 0 Å². The van der Waals surface area contributed by atoms with Crippen molar-refractivity contribution in [3.05, 3.63) is 24.3 Å². The maximum absolute atomic E-state index is 12.5. The quantitative estimate of drug-likeness (QED) is 0.563. The number of nitrogens with zero attached hydrogens (tertiary/aromatic N) is 2. The Kier molecular flexibility index (Phi) is 6.99. The second-order valence-electron chi connectivity index (χ2n) is 7.17. The Bertz CT molecular complexity index is 608. The number of piperazine rings is 1. The number of methoxy groups -OCH3 is 1. The molecule has 0 atom stereocenters. The monoisotopic (exact) mass is 362 g/mol. The van der Waals surface area contributed by atoms with Crippen LogP contribution in [0.5, 0.6) is 0 Å². The van der Waals surface area contributed by atoms with Crippen LogP contribution >= 0.6 is 0 Å². The van der Waals surface area contributed by atoms with E-state index >= 15 is 0 Å². The maximum Gasteiger partial charge on any atom is 0.239 e. The summed E-state index contributed by atoms with van der Waals surface area (Å²) in [7, 11) is 3.69. The zero-order valence-electron chi connectivity index (χ0n) is 16.2. The first-order valence-electron chi connectivity index (χ1n) is 8.97. The van der Waals surface area contributed by atoms with E-state index in [2.05, 4.69) is 27.5 Å². The van der Waals surface area contributed by atoms with Crippen molar-refractivity contribution in [2.24, 2.45) is 5.41 Å². The number of benzene rings is 1. The van der Waals surface area contributed by atoms with E-state index < -0.39 is 5.41 Å². The number of hydrogen-bond acceptors (Lipinski definition) is 5. The molecule has 1 aromatic rings. The minimum Gasteiger partial charge on any atom is -0.383 e. The van der Waals surface area contributed by atoms with E-state index in [1.807, 2.05) is 24.3 Å². The zero-order valence-corrected chi connectivity index (χ0v) is 16.2. The van der Waals surface area contributed by atoms with Crippen LogP contribution in [-0.2, 0) is 14.3 Å². The number of hydrogen-bond donors (Lipinski definition) is 2. The average Bonchev–Trinajstić information content (AvgIpc) is 2.63. The first kappa shape index (κ1) is 20.2. The van der Waals surface area contributed by atoms with E-state index in [1.165, 1.54) is 0 Å². The third-order valence-electron chi connectivity index (χ3n) is 4.72. The van der Waals surface area contributed by atoms with E-state index in [-0.39, 0.29) is 11.8 Å². The fourth-order valence-electron chi connectivity index (χ4n) is 2.70. The summed E-state index contributed by atoms with van der Waals surface area (Å²) < 4.78 is 4.91. The van der Waals surface area contributed by atoms with E-state index in [1.54, 1.807) is 21.0 Å². The minimum atomic E-state index is -1.16. The molecule has 0 saturated carbocycles. The number of likely N-dealkylation sites (N-methyl/N-ethyl adjacent to an activating group) is 1. The highest BCUT2D eigenvalue weighted by Crippen LogP contribution is 2.22. The molecule has 1 aromatic carbocycles. The first-order valence-corrected chi connectivity index (χ1v) is 8.97. The van der Waals surface area contributed by atoms with Gasteiger partial charge in [0.2, 0.25) is 11.8 Å². The standard InChI is InChI=1S/C19H30N4O3/c1-19(2,17(24)20-9-14-26-4)18(25)21-15-5-7-16(8-6-15)23-12-10-22(3)11-13-23/h5-8H,9-14H2,1-4H3,(H,20,24)(H,21,25). The molecule has 2 rings (SSSR count). The number of amides is 2. The highest BCUT2D eigenvalue weighted by atomic mass is 16.5. The van der Waals surface area contributed by atoms with Crippen molar-refractivity contribution in [2.75, 3.05) is 63.7 Å². The molecule has 0 bridgehead atoms. The van der Waals surface area contributed by atoms with E-state index in [0.717, 1.165) is 31.9 Å². The molecule has 0 unspecified atom stereocenters. The zero-order chi connectivity index (χ0) is 19.2. The van der Waals surface area contributed by atoms with Crippen molar-refractivity contribution in [1.82, 2.24) is 10.2 Å². The lowest BCUT2D eigenvalue weighted by atomic mass is 9.91. The first-order chi connectivity index (χ1) is 12.3. The van der Waals surface area contributed by atoms with Crippen LogP contribution in [0.1, 0.15) is 13.8 Å². The number of carbonyl (C=O) groups excluding carboxylic acids is 2. The fourth-order valence-corrected chi connectivity index (χ4v) is 2.70. The summed E-state index contributed by atoms with van der Waals surface area (Å²) in [5.74, 6) is -0.652. The van der Waals surface area contributed by atoms with Gasteiger partial charge in [0, 0.05) is 51.2 Å². The Labute approximate surface area is 155 Å². The molecule has 0 aliphatic carbocycles. The molecule has 7 heteroatoms. The van der Waals surface area contributed by atoms with Crippen molar-refractivity contribution >= 4 is 23.2 Å². The molecule has 1 heterocycles. The smallest absolute Gasteiger partial charge is 0.239 e. The summed E-state index contributed by atoms with van der Waals surface area (Å²) in [6.45, 7) is 8.11. The summed E-state index contributed by atoms with van der Waals surface area (Å²) in [6.07, 6.45) is 0. The van der Waals surface area contributed by atoms with Crippen molar-refractivity contribution in [3.63, 3.8) is 0 Å². The van der Waals surface area contributed by atoms with Gasteiger partial charge in [-0.2, -0.15) is 0 Å². The van der Waals surface area contributed by atoms with Gasteiger partial charge in [0.05, 0.1) is 6.61 Å². The van der Waals surface area contributed by atoms with Gasteiger partial charge in [0.1, 0.15) is 5.41 Å². The highest BCUT2D eigenvalue weighted by Gasteiger charge is 2.35. The minimum absolute atomic E-state index is 0.318. The van der Waals surface area contributed by atoms with Crippen molar-refractivity contribution in [1.29, 1.82) is 0 Å². The maximum atomic E-state index is 12.5. The van der Waals surface area contributed by atoms with Crippen LogP contribution in [0.2, 0.25) is 0 Å². The summed E-state index contributed by atoms with van der Waals surface area (Å²) in [5.41, 5.74) is 0.669. The largest absolute Gasteiger partial charge is 0.383 e. The number of carbonyl (C=O) groups is 2. The van der Waals surface area contributed by atoms with Gasteiger partial charge >= 0.3 is 0 Å². The van der Waals surface area contributed by atoms with E-state index in [4.69, 9.17) is 4.74 Å². The lowest BCUT2D eigenvalue weighted by Crippen LogP contribution is -2.46. The third kappa shape index (κ3) is 5.19. The molecule has 1 fully saturated rings. The van der Waals surface area contributed by atoms with Gasteiger partial charge in [-0.15, -0.1) is 0 Å². The van der Waals surface area contributed by atoms with Crippen LogP contribution in [0.3, 0.4) is 0 Å². The van der Waals surface area contributed by atoms with Crippen LogP contribution in [0.15, 0.2) is 24.3 Å². The Hall–Kier alpha value is -2.12. The van der Waals surface area contributed by atoms with Crippen LogP contribution < -0.4 is 15.5 Å². The van der Waals surface area contributed by atoms with Gasteiger partial charge in [-0.05, 0) is 45.2 Å².